The number of hydrogen-bond donors (Lipinski definition) is 2. The highest BCUT2D eigenvalue weighted by Crippen LogP contribution is 2.33. The van der Waals surface area contributed by atoms with E-state index in [1.54, 1.807) is 0 Å². The Morgan fingerprint density at radius 3 is 2.86 bits per heavy atom. The Hall–Kier alpha value is -1.55. The van der Waals surface area contributed by atoms with E-state index in [2.05, 4.69) is 46.7 Å². The van der Waals surface area contributed by atoms with Gasteiger partial charge in [0.1, 0.15) is 0 Å². The molecule has 1 amide bonds. The number of anilines is 1. The first kappa shape index (κ1) is 14.4. The van der Waals surface area contributed by atoms with Gasteiger partial charge in [0.15, 0.2) is 0 Å². The van der Waals surface area contributed by atoms with Crippen LogP contribution in [0, 0.1) is 0 Å². The van der Waals surface area contributed by atoms with Crippen LogP contribution in [0.15, 0.2) is 24.3 Å². The number of para-hydroxylation sites is 1. The molecule has 4 nitrogen and oxygen atoms in total. The number of hydrogen-bond acceptors (Lipinski definition) is 3. The number of rotatable bonds is 6. The molecule has 2 N–H and O–H groups in total. The largest absolute Gasteiger partial charge is 0.362 e. The van der Waals surface area contributed by atoms with Crippen molar-refractivity contribution in [3.05, 3.63) is 29.8 Å². The van der Waals surface area contributed by atoms with E-state index in [0.29, 0.717) is 18.6 Å². The molecule has 1 heterocycles. The van der Waals surface area contributed by atoms with E-state index in [-0.39, 0.29) is 5.91 Å². The normalized spacial score (nSPS) is 21.0. The van der Waals surface area contributed by atoms with Gasteiger partial charge in [-0.05, 0) is 43.9 Å². The molecule has 0 aromatic heterocycles. The monoisotopic (exact) mass is 287 g/mol. The summed E-state index contributed by atoms with van der Waals surface area (Å²) in [6, 6.07) is 9.34. The highest BCUT2D eigenvalue weighted by molar-refractivity contribution is 5.82. The molecule has 1 saturated carbocycles. The van der Waals surface area contributed by atoms with Crippen molar-refractivity contribution in [2.24, 2.45) is 0 Å². The number of nitrogens with zero attached hydrogens (tertiary/aromatic N) is 1. The van der Waals surface area contributed by atoms with Gasteiger partial charge < -0.3 is 15.5 Å². The van der Waals surface area contributed by atoms with Crippen molar-refractivity contribution in [1.29, 1.82) is 0 Å². The third-order valence-corrected chi connectivity index (χ3v) is 4.26. The molecule has 1 aromatic carbocycles. The Morgan fingerprint density at radius 1 is 1.29 bits per heavy atom. The van der Waals surface area contributed by atoms with Gasteiger partial charge in [-0.15, -0.1) is 0 Å². The second-order valence-corrected chi connectivity index (χ2v) is 6.12. The van der Waals surface area contributed by atoms with E-state index in [0.717, 1.165) is 38.8 Å². The maximum Gasteiger partial charge on any atom is 0.239 e. The molecule has 0 spiro atoms. The minimum atomic E-state index is 0.160. The molecule has 1 fully saturated rings. The van der Waals surface area contributed by atoms with Crippen LogP contribution in [-0.2, 0) is 4.79 Å². The Bertz CT molecular complexity index is 499. The fraction of sp³-hybridized carbons (Fsp3) is 0.588. The number of fused-ring (bicyclic) bond motifs is 1. The van der Waals surface area contributed by atoms with Crippen LogP contribution in [0.1, 0.15) is 44.2 Å². The summed E-state index contributed by atoms with van der Waals surface area (Å²) < 4.78 is 0. The minimum absolute atomic E-state index is 0.160. The van der Waals surface area contributed by atoms with Crippen molar-refractivity contribution >= 4 is 11.6 Å². The molecule has 1 aromatic rings. The summed E-state index contributed by atoms with van der Waals surface area (Å²) in [5.41, 5.74) is 2.54. The topological polar surface area (TPSA) is 44.4 Å². The fourth-order valence-corrected chi connectivity index (χ4v) is 3.00. The molecule has 114 valence electrons. The van der Waals surface area contributed by atoms with E-state index < -0.39 is 0 Å². The molecule has 4 heteroatoms. The zero-order valence-corrected chi connectivity index (χ0v) is 12.8. The van der Waals surface area contributed by atoms with Crippen molar-refractivity contribution in [2.45, 2.75) is 44.7 Å². The highest BCUT2D eigenvalue weighted by atomic mass is 16.2. The first-order valence-corrected chi connectivity index (χ1v) is 8.14. The van der Waals surface area contributed by atoms with E-state index in [1.807, 2.05) is 0 Å². The summed E-state index contributed by atoms with van der Waals surface area (Å²) in [5.74, 6) is 0.160. The quantitative estimate of drug-likeness (QED) is 0.843. The molecule has 2 aliphatic rings. The van der Waals surface area contributed by atoms with E-state index in [9.17, 15) is 4.79 Å². The van der Waals surface area contributed by atoms with Crippen LogP contribution in [0.4, 0.5) is 5.69 Å². The average Bonchev–Trinajstić information content (AvgIpc) is 3.30. The van der Waals surface area contributed by atoms with Crippen LogP contribution >= 0.6 is 0 Å². The number of amides is 1. The summed E-state index contributed by atoms with van der Waals surface area (Å²) >= 11 is 0. The van der Waals surface area contributed by atoms with Crippen LogP contribution in [0.25, 0.3) is 0 Å². The molecule has 0 bridgehead atoms. The van der Waals surface area contributed by atoms with Crippen LogP contribution in [0.2, 0.25) is 0 Å². The van der Waals surface area contributed by atoms with E-state index in [1.165, 1.54) is 11.3 Å². The molecule has 21 heavy (non-hydrogen) atoms. The van der Waals surface area contributed by atoms with Crippen molar-refractivity contribution in [3.63, 3.8) is 0 Å². The van der Waals surface area contributed by atoms with Gasteiger partial charge >= 0.3 is 0 Å². The minimum Gasteiger partial charge on any atom is -0.362 e. The third kappa shape index (κ3) is 3.56. The lowest BCUT2D eigenvalue weighted by molar-refractivity contribution is -0.119. The lowest BCUT2D eigenvalue weighted by atomic mass is 9.96. The first-order chi connectivity index (χ1) is 10.3. The zero-order chi connectivity index (χ0) is 14.7. The van der Waals surface area contributed by atoms with Crippen LogP contribution in [0.3, 0.4) is 0 Å². The van der Waals surface area contributed by atoms with Crippen molar-refractivity contribution in [1.82, 2.24) is 10.6 Å². The van der Waals surface area contributed by atoms with Crippen LogP contribution < -0.4 is 15.5 Å². The molecular formula is C17H25N3O. The summed E-state index contributed by atoms with van der Waals surface area (Å²) in [7, 11) is 0. The van der Waals surface area contributed by atoms with Gasteiger partial charge in [-0.25, -0.2) is 0 Å². The van der Waals surface area contributed by atoms with E-state index >= 15 is 0 Å². The first-order valence-electron chi connectivity index (χ1n) is 8.14. The Kier molecular flexibility index (Phi) is 4.44. The van der Waals surface area contributed by atoms with Gasteiger partial charge in [0.05, 0.1) is 6.54 Å². The number of nitrogens with one attached hydrogen (secondary N) is 2. The maximum atomic E-state index is 12.1. The second kappa shape index (κ2) is 6.48. The highest BCUT2D eigenvalue weighted by Gasteiger charge is 2.27. The molecule has 1 aliphatic heterocycles. The summed E-state index contributed by atoms with van der Waals surface area (Å²) in [4.78, 5) is 14.3. The smallest absolute Gasteiger partial charge is 0.239 e. The van der Waals surface area contributed by atoms with Gasteiger partial charge in [-0.3, -0.25) is 4.79 Å². The van der Waals surface area contributed by atoms with Crippen LogP contribution in [-0.4, -0.2) is 31.6 Å². The van der Waals surface area contributed by atoms with Crippen molar-refractivity contribution in [2.75, 3.05) is 24.5 Å². The van der Waals surface area contributed by atoms with Gasteiger partial charge in [0.25, 0.3) is 0 Å². The van der Waals surface area contributed by atoms with Gasteiger partial charge in [-0.1, -0.05) is 25.1 Å². The summed E-state index contributed by atoms with van der Waals surface area (Å²) in [6.45, 7) is 4.65. The van der Waals surface area contributed by atoms with Crippen LogP contribution in [0.5, 0.6) is 0 Å². The molecule has 1 unspecified atom stereocenters. The number of benzene rings is 1. The Labute approximate surface area is 126 Å². The summed E-state index contributed by atoms with van der Waals surface area (Å²) in [6.07, 6.45) is 4.50. The van der Waals surface area contributed by atoms with Crippen molar-refractivity contribution in [3.8, 4) is 0 Å². The molecule has 3 rings (SSSR count). The SMILES string of the molecule is CCCNC1CCN(CC(=O)NC2CC2)c2ccccc21. The predicted molar refractivity (Wildman–Crippen MR) is 85.5 cm³/mol. The van der Waals surface area contributed by atoms with Gasteiger partial charge in [-0.2, -0.15) is 0 Å². The summed E-state index contributed by atoms with van der Waals surface area (Å²) in [5, 5.41) is 6.70. The fourth-order valence-electron chi connectivity index (χ4n) is 3.00. The predicted octanol–water partition coefficient (Wildman–Crippen LogP) is 2.22. The van der Waals surface area contributed by atoms with Crippen molar-refractivity contribution < 1.29 is 4.79 Å². The van der Waals surface area contributed by atoms with Gasteiger partial charge in [0, 0.05) is 24.3 Å². The molecule has 0 radical (unpaired) electrons. The Balaban J connectivity index is 1.69. The second-order valence-electron chi connectivity index (χ2n) is 6.12. The maximum absolute atomic E-state index is 12.1. The lowest BCUT2D eigenvalue weighted by Crippen LogP contribution is -2.42. The average molecular weight is 287 g/mol. The number of carbonyl (C=O) groups is 1. The molecule has 1 aliphatic carbocycles. The molecular weight excluding hydrogens is 262 g/mol. The van der Waals surface area contributed by atoms with E-state index in [4.69, 9.17) is 0 Å². The standard InChI is InChI=1S/C17H25N3O/c1-2-10-18-15-9-11-20(12-17(21)19-13-7-8-13)16-6-4-3-5-14(15)16/h3-6,13,15,18H,2,7-12H2,1H3,(H,19,21). The number of carbonyl (C=O) groups excluding carboxylic acids is 1. The molecule has 1 atom stereocenters. The third-order valence-electron chi connectivity index (χ3n) is 4.26. The van der Waals surface area contributed by atoms with Gasteiger partial charge in [0.2, 0.25) is 5.91 Å². The lowest BCUT2D eigenvalue weighted by Gasteiger charge is -2.35. The molecule has 0 saturated heterocycles. The zero-order valence-electron chi connectivity index (χ0n) is 12.8. The Morgan fingerprint density at radius 2 is 2.10 bits per heavy atom.